The zero-order valence-electron chi connectivity index (χ0n) is 8.86. The lowest BCUT2D eigenvalue weighted by Crippen LogP contribution is -2.21. The minimum atomic E-state index is -0.569. The molecule has 0 bridgehead atoms. The van der Waals surface area contributed by atoms with Gasteiger partial charge in [0.1, 0.15) is 17.0 Å². The molecule has 0 amide bonds. The molecule has 0 saturated heterocycles. The van der Waals surface area contributed by atoms with Crippen LogP contribution in [0, 0.1) is 0 Å². The Balaban J connectivity index is 2.21. The molecular weight excluding hydrogens is 261 g/mol. The van der Waals surface area contributed by atoms with Gasteiger partial charge in [0.15, 0.2) is 0 Å². The third-order valence-corrected chi connectivity index (χ3v) is 2.90. The van der Waals surface area contributed by atoms with Crippen molar-refractivity contribution < 1.29 is 9.62 Å². The standard InChI is InChI=1S/C12H11Cl2NO2/c13-10-4-2-1-3-9(10)11-6-5-8(17-11)7-12(14)15-16/h1-6,12,15-16H,7H2. The van der Waals surface area contributed by atoms with E-state index in [0.29, 0.717) is 23.0 Å². The fraction of sp³-hybridized carbons (Fsp3) is 0.167. The van der Waals surface area contributed by atoms with Gasteiger partial charge < -0.3 is 9.62 Å². The number of hydrogen-bond donors (Lipinski definition) is 2. The summed E-state index contributed by atoms with van der Waals surface area (Å²) in [7, 11) is 0. The maximum Gasteiger partial charge on any atom is 0.135 e. The Kier molecular flexibility index (Phi) is 4.07. The van der Waals surface area contributed by atoms with Crippen LogP contribution in [-0.4, -0.2) is 10.7 Å². The molecule has 1 aromatic heterocycles. The number of hydroxylamine groups is 1. The van der Waals surface area contributed by atoms with Gasteiger partial charge in [-0.1, -0.05) is 23.7 Å². The van der Waals surface area contributed by atoms with Crippen LogP contribution in [0.5, 0.6) is 0 Å². The van der Waals surface area contributed by atoms with E-state index < -0.39 is 5.50 Å². The molecule has 5 heteroatoms. The summed E-state index contributed by atoms with van der Waals surface area (Å²) in [5.41, 5.74) is 2.22. The Morgan fingerprint density at radius 2 is 2.00 bits per heavy atom. The van der Waals surface area contributed by atoms with Crippen molar-refractivity contribution in [1.82, 2.24) is 5.48 Å². The molecule has 0 aliphatic heterocycles. The van der Waals surface area contributed by atoms with Gasteiger partial charge in [-0.2, -0.15) is 5.48 Å². The van der Waals surface area contributed by atoms with E-state index in [9.17, 15) is 0 Å². The Morgan fingerprint density at radius 1 is 1.24 bits per heavy atom. The lowest BCUT2D eigenvalue weighted by Gasteiger charge is -2.03. The molecule has 0 spiro atoms. The molecule has 1 atom stereocenters. The van der Waals surface area contributed by atoms with Crippen molar-refractivity contribution >= 4 is 23.2 Å². The second-order valence-electron chi connectivity index (χ2n) is 3.55. The second kappa shape index (κ2) is 5.56. The molecular formula is C12H11Cl2NO2. The number of furan rings is 1. The van der Waals surface area contributed by atoms with Crippen LogP contribution < -0.4 is 5.48 Å². The molecule has 0 aliphatic carbocycles. The first-order valence-corrected chi connectivity index (χ1v) is 5.89. The molecule has 17 heavy (non-hydrogen) atoms. The van der Waals surface area contributed by atoms with E-state index in [1.165, 1.54) is 0 Å². The molecule has 90 valence electrons. The normalized spacial score (nSPS) is 12.6. The van der Waals surface area contributed by atoms with Crippen LogP contribution in [0.1, 0.15) is 5.76 Å². The Bertz CT molecular complexity index is 499. The van der Waals surface area contributed by atoms with E-state index in [-0.39, 0.29) is 0 Å². The molecule has 0 aliphatic rings. The van der Waals surface area contributed by atoms with Gasteiger partial charge in [-0.25, -0.2) is 0 Å². The highest BCUT2D eigenvalue weighted by Crippen LogP contribution is 2.29. The predicted molar refractivity (Wildman–Crippen MR) is 67.4 cm³/mol. The maximum atomic E-state index is 8.62. The van der Waals surface area contributed by atoms with Crippen LogP contribution in [0.25, 0.3) is 11.3 Å². The topological polar surface area (TPSA) is 45.4 Å². The molecule has 1 heterocycles. The zero-order valence-corrected chi connectivity index (χ0v) is 10.4. The average molecular weight is 272 g/mol. The quantitative estimate of drug-likeness (QED) is 0.507. The van der Waals surface area contributed by atoms with Crippen molar-refractivity contribution in [1.29, 1.82) is 0 Å². The first-order valence-electron chi connectivity index (χ1n) is 5.08. The lowest BCUT2D eigenvalue weighted by molar-refractivity contribution is 0.152. The highest BCUT2D eigenvalue weighted by Gasteiger charge is 2.10. The molecule has 0 radical (unpaired) electrons. The summed E-state index contributed by atoms with van der Waals surface area (Å²) in [6.45, 7) is 0. The van der Waals surface area contributed by atoms with Gasteiger partial charge in [-0.05, 0) is 24.3 Å². The monoisotopic (exact) mass is 271 g/mol. The van der Waals surface area contributed by atoms with Crippen LogP contribution in [0.15, 0.2) is 40.8 Å². The molecule has 2 N–H and O–H groups in total. The summed E-state index contributed by atoms with van der Waals surface area (Å²) >= 11 is 11.8. The van der Waals surface area contributed by atoms with Crippen LogP contribution in [0.3, 0.4) is 0 Å². The highest BCUT2D eigenvalue weighted by molar-refractivity contribution is 6.33. The van der Waals surface area contributed by atoms with Crippen molar-refractivity contribution in [3.05, 3.63) is 47.2 Å². The van der Waals surface area contributed by atoms with Crippen molar-refractivity contribution in [3.8, 4) is 11.3 Å². The first-order chi connectivity index (χ1) is 8.20. The van der Waals surface area contributed by atoms with E-state index in [1.54, 1.807) is 6.07 Å². The maximum absolute atomic E-state index is 8.62. The number of halogens is 2. The van der Waals surface area contributed by atoms with Gasteiger partial charge >= 0.3 is 0 Å². The summed E-state index contributed by atoms with van der Waals surface area (Å²) in [4.78, 5) is 0. The summed E-state index contributed by atoms with van der Waals surface area (Å²) in [5.74, 6) is 1.37. The van der Waals surface area contributed by atoms with Crippen LogP contribution in [0.4, 0.5) is 0 Å². The zero-order chi connectivity index (χ0) is 12.3. The Labute approximate surface area is 109 Å². The summed E-state index contributed by atoms with van der Waals surface area (Å²) < 4.78 is 5.60. The predicted octanol–water partition coefficient (Wildman–Crippen LogP) is 3.69. The van der Waals surface area contributed by atoms with E-state index >= 15 is 0 Å². The SMILES string of the molecule is ONC(Cl)Cc1ccc(-c2ccccc2Cl)o1. The molecule has 2 aromatic rings. The molecule has 2 rings (SSSR count). The van der Waals surface area contributed by atoms with E-state index in [1.807, 2.05) is 35.8 Å². The summed E-state index contributed by atoms with van der Waals surface area (Å²) in [6, 6.07) is 11.1. The van der Waals surface area contributed by atoms with Gasteiger partial charge in [0, 0.05) is 12.0 Å². The average Bonchev–Trinajstić information content (AvgIpc) is 2.78. The third-order valence-electron chi connectivity index (χ3n) is 2.32. The Morgan fingerprint density at radius 3 is 2.71 bits per heavy atom. The van der Waals surface area contributed by atoms with E-state index in [2.05, 4.69) is 0 Å². The van der Waals surface area contributed by atoms with Gasteiger partial charge in [0.25, 0.3) is 0 Å². The highest BCUT2D eigenvalue weighted by atomic mass is 35.5. The van der Waals surface area contributed by atoms with E-state index in [0.717, 1.165) is 5.56 Å². The fourth-order valence-electron chi connectivity index (χ4n) is 1.52. The van der Waals surface area contributed by atoms with Crippen LogP contribution >= 0.6 is 23.2 Å². The third kappa shape index (κ3) is 3.01. The van der Waals surface area contributed by atoms with Crippen molar-refractivity contribution in [3.63, 3.8) is 0 Å². The van der Waals surface area contributed by atoms with Crippen molar-refractivity contribution in [2.75, 3.05) is 0 Å². The first kappa shape index (κ1) is 12.5. The number of nitrogens with one attached hydrogen (secondary N) is 1. The van der Waals surface area contributed by atoms with Gasteiger partial charge in [0.05, 0.1) is 5.02 Å². The van der Waals surface area contributed by atoms with Gasteiger partial charge in [-0.3, -0.25) is 0 Å². The molecule has 1 unspecified atom stereocenters. The summed E-state index contributed by atoms with van der Waals surface area (Å²) in [5, 5.41) is 9.25. The second-order valence-corrected chi connectivity index (χ2v) is 4.48. The lowest BCUT2D eigenvalue weighted by atomic mass is 10.2. The number of benzene rings is 1. The summed E-state index contributed by atoms with van der Waals surface area (Å²) in [6.07, 6.45) is 0.391. The van der Waals surface area contributed by atoms with Crippen molar-refractivity contribution in [2.24, 2.45) is 0 Å². The van der Waals surface area contributed by atoms with Gasteiger partial charge in [-0.15, -0.1) is 11.6 Å². The molecule has 1 aromatic carbocycles. The largest absolute Gasteiger partial charge is 0.461 e. The fourth-order valence-corrected chi connectivity index (χ4v) is 1.90. The van der Waals surface area contributed by atoms with Crippen molar-refractivity contribution in [2.45, 2.75) is 11.9 Å². The Hall–Kier alpha value is -1.00. The minimum absolute atomic E-state index is 0.391. The van der Waals surface area contributed by atoms with Crippen LogP contribution in [0.2, 0.25) is 5.02 Å². The number of rotatable bonds is 4. The number of hydrogen-bond acceptors (Lipinski definition) is 3. The van der Waals surface area contributed by atoms with E-state index in [4.69, 9.17) is 32.8 Å². The molecule has 3 nitrogen and oxygen atoms in total. The van der Waals surface area contributed by atoms with Gasteiger partial charge in [0.2, 0.25) is 0 Å². The molecule has 0 saturated carbocycles. The minimum Gasteiger partial charge on any atom is -0.461 e. The van der Waals surface area contributed by atoms with Crippen LogP contribution in [-0.2, 0) is 6.42 Å². The smallest absolute Gasteiger partial charge is 0.135 e. The molecule has 0 fully saturated rings. The number of alkyl halides is 1.